The topological polar surface area (TPSA) is 86.8 Å². The number of carbonyl (C=O) groups excluding carboxylic acids is 2. The molecule has 2 heterocycles. The number of hydrogen-bond acceptors (Lipinski definition) is 6. The van der Waals surface area contributed by atoms with Crippen molar-refractivity contribution in [3.8, 4) is 5.88 Å². The predicted octanol–water partition coefficient (Wildman–Crippen LogP) is 2.84. The molecule has 1 aromatic carbocycles. The van der Waals surface area contributed by atoms with Gasteiger partial charge in [0.25, 0.3) is 5.91 Å². The summed E-state index contributed by atoms with van der Waals surface area (Å²) in [5, 5.41) is 2.72. The second-order valence-electron chi connectivity index (χ2n) is 7.10. The maximum absolute atomic E-state index is 12.6. The van der Waals surface area contributed by atoms with Gasteiger partial charge in [0.1, 0.15) is 0 Å². The van der Waals surface area contributed by atoms with E-state index < -0.39 is 17.9 Å². The number of nitrogens with zero attached hydrogens (tertiary/aromatic N) is 1. The van der Waals surface area contributed by atoms with Gasteiger partial charge in [-0.1, -0.05) is 29.8 Å². The first-order valence-electron chi connectivity index (χ1n) is 9.68. The minimum absolute atomic E-state index is 0.338. The third-order valence-electron chi connectivity index (χ3n) is 4.89. The SMILES string of the molecule is COC(=O)[C@H](NC(=O)c1ccc(OCC2CCOCC2)nc1)c1cccc(C)c1. The van der Waals surface area contributed by atoms with Crippen LogP contribution in [0.5, 0.6) is 5.88 Å². The number of rotatable bonds is 7. The highest BCUT2D eigenvalue weighted by molar-refractivity contribution is 5.96. The van der Waals surface area contributed by atoms with Gasteiger partial charge < -0.3 is 19.5 Å². The maximum atomic E-state index is 12.6. The Labute approximate surface area is 170 Å². The fourth-order valence-electron chi connectivity index (χ4n) is 3.18. The Morgan fingerprint density at radius 1 is 1.24 bits per heavy atom. The van der Waals surface area contributed by atoms with Gasteiger partial charge in [0.05, 0.1) is 19.3 Å². The molecule has 0 saturated carbocycles. The molecule has 1 aliphatic rings. The van der Waals surface area contributed by atoms with E-state index in [0.29, 0.717) is 29.5 Å². The quantitative estimate of drug-likeness (QED) is 0.722. The van der Waals surface area contributed by atoms with E-state index in [1.165, 1.54) is 13.3 Å². The molecule has 1 aromatic heterocycles. The van der Waals surface area contributed by atoms with Gasteiger partial charge in [-0.2, -0.15) is 0 Å². The summed E-state index contributed by atoms with van der Waals surface area (Å²) in [7, 11) is 1.30. The van der Waals surface area contributed by atoms with Crippen molar-refractivity contribution in [3.63, 3.8) is 0 Å². The Balaban J connectivity index is 1.62. The molecule has 2 aromatic rings. The van der Waals surface area contributed by atoms with Gasteiger partial charge in [0.2, 0.25) is 5.88 Å². The lowest BCUT2D eigenvalue weighted by Crippen LogP contribution is -2.34. The molecule has 0 spiro atoms. The van der Waals surface area contributed by atoms with Crippen molar-refractivity contribution in [3.05, 3.63) is 59.3 Å². The Morgan fingerprint density at radius 2 is 2.03 bits per heavy atom. The molecule has 7 nitrogen and oxygen atoms in total. The fourth-order valence-corrected chi connectivity index (χ4v) is 3.18. The second kappa shape index (κ2) is 10.0. The number of aryl methyl sites for hydroxylation is 1. The number of pyridine rings is 1. The van der Waals surface area contributed by atoms with E-state index in [2.05, 4.69) is 10.3 Å². The maximum Gasteiger partial charge on any atom is 0.333 e. The van der Waals surface area contributed by atoms with E-state index in [4.69, 9.17) is 14.2 Å². The molecule has 0 bridgehead atoms. The highest BCUT2D eigenvalue weighted by atomic mass is 16.5. The molecule has 1 atom stereocenters. The molecule has 1 fully saturated rings. The zero-order valence-corrected chi connectivity index (χ0v) is 16.7. The number of nitrogens with one attached hydrogen (secondary N) is 1. The molecule has 3 rings (SSSR count). The molecule has 7 heteroatoms. The standard InChI is InChI=1S/C22H26N2O5/c1-15-4-3-5-17(12-15)20(22(26)27-2)24-21(25)18-6-7-19(23-13-18)29-14-16-8-10-28-11-9-16/h3-7,12-13,16,20H,8-11,14H2,1-2H3,(H,24,25)/t20-/m1/s1. The summed E-state index contributed by atoms with van der Waals surface area (Å²) in [6.45, 7) is 4.04. The number of esters is 1. The largest absolute Gasteiger partial charge is 0.477 e. The zero-order valence-electron chi connectivity index (χ0n) is 16.7. The Kier molecular flexibility index (Phi) is 7.19. The van der Waals surface area contributed by atoms with Gasteiger partial charge in [-0.25, -0.2) is 9.78 Å². The highest BCUT2D eigenvalue weighted by Crippen LogP contribution is 2.19. The highest BCUT2D eigenvalue weighted by Gasteiger charge is 2.24. The van der Waals surface area contributed by atoms with Crippen LogP contribution in [0, 0.1) is 12.8 Å². The monoisotopic (exact) mass is 398 g/mol. The van der Waals surface area contributed by atoms with E-state index in [1.807, 2.05) is 25.1 Å². The van der Waals surface area contributed by atoms with Crippen LogP contribution in [-0.4, -0.2) is 43.8 Å². The van der Waals surface area contributed by atoms with Crippen LogP contribution < -0.4 is 10.1 Å². The van der Waals surface area contributed by atoms with Crippen molar-refractivity contribution in [2.45, 2.75) is 25.8 Å². The Morgan fingerprint density at radius 3 is 2.69 bits per heavy atom. The number of carbonyl (C=O) groups is 2. The fraction of sp³-hybridized carbons (Fsp3) is 0.409. The van der Waals surface area contributed by atoms with Gasteiger partial charge in [-0.3, -0.25) is 4.79 Å². The first kappa shape index (κ1) is 20.8. The van der Waals surface area contributed by atoms with Crippen LogP contribution in [-0.2, 0) is 14.3 Å². The molecule has 0 unspecified atom stereocenters. The summed E-state index contributed by atoms with van der Waals surface area (Å²) in [6.07, 6.45) is 3.40. The number of ether oxygens (including phenoxy) is 3. The Bertz CT molecular complexity index is 831. The van der Waals surface area contributed by atoms with Crippen LogP contribution in [0.2, 0.25) is 0 Å². The van der Waals surface area contributed by atoms with Crippen LogP contribution >= 0.6 is 0 Å². The van der Waals surface area contributed by atoms with Crippen molar-refractivity contribution in [2.75, 3.05) is 26.9 Å². The molecule has 1 amide bonds. The van der Waals surface area contributed by atoms with Crippen molar-refractivity contribution >= 4 is 11.9 Å². The van der Waals surface area contributed by atoms with E-state index in [9.17, 15) is 9.59 Å². The minimum atomic E-state index is -0.892. The molecular weight excluding hydrogens is 372 g/mol. The summed E-state index contributed by atoms with van der Waals surface area (Å²) in [5.41, 5.74) is 1.98. The number of hydrogen-bond donors (Lipinski definition) is 1. The third kappa shape index (κ3) is 5.77. The van der Waals surface area contributed by atoms with Crippen LogP contribution in [0.3, 0.4) is 0 Å². The van der Waals surface area contributed by atoms with Crippen LogP contribution in [0.15, 0.2) is 42.6 Å². The lowest BCUT2D eigenvalue weighted by atomic mass is 10.0. The van der Waals surface area contributed by atoms with Crippen LogP contribution in [0.1, 0.15) is 40.4 Å². The lowest BCUT2D eigenvalue weighted by Gasteiger charge is -2.21. The molecule has 0 radical (unpaired) electrons. The van der Waals surface area contributed by atoms with E-state index in [1.54, 1.807) is 18.2 Å². The summed E-state index contributed by atoms with van der Waals surface area (Å²) in [4.78, 5) is 29.0. The van der Waals surface area contributed by atoms with Crippen LogP contribution in [0.25, 0.3) is 0 Å². The first-order valence-corrected chi connectivity index (χ1v) is 9.68. The Hall–Kier alpha value is -2.93. The van der Waals surface area contributed by atoms with Crippen molar-refractivity contribution in [2.24, 2.45) is 5.92 Å². The number of benzene rings is 1. The van der Waals surface area contributed by atoms with E-state index in [0.717, 1.165) is 31.6 Å². The molecule has 1 aliphatic heterocycles. The predicted molar refractivity (Wildman–Crippen MR) is 107 cm³/mol. The normalized spacial score (nSPS) is 15.4. The molecule has 154 valence electrons. The molecule has 29 heavy (non-hydrogen) atoms. The number of amides is 1. The molecule has 0 aliphatic carbocycles. The number of methoxy groups -OCH3 is 1. The minimum Gasteiger partial charge on any atom is -0.477 e. The lowest BCUT2D eigenvalue weighted by molar-refractivity contribution is -0.143. The van der Waals surface area contributed by atoms with Gasteiger partial charge in [-0.05, 0) is 37.3 Å². The van der Waals surface area contributed by atoms with Crippen molar-refractivity contribution < 1.29 is 23.8 Å². The summed E-state index contributed by atoms with van der Waals surface area (Å²) in [6, 6.07) is 9.77. The van der Waals surface area contributed by atoms with Gasteiger partial charge in [-0.15, -0.1) is 0 Å². The first-order chi connectivity index (χ1) is 14.1. The van der Waals surface area contributed by atoms with Gasteiger partial charge in [0.15, 0.2) is 6.04 Å². The molecular formula is C22H26N2O5. The zero-order chi connectivity index (χ0) is 20.6. The van der Waals surface area contributed by atoms with Crippen LogP contribution in [0.4, 0.5) is 0 Å². The summed E-state index contributed by atoms with van der Waals surface area (Å²) >= 11 is 0. The van der Waals surface area contributed by atoms with Gasteiger partial charge >= 0.3 is 5.97 Å². The van der Waals surface area contributed by atoms with E-state index in [-0.39, 0.29) is 0 Å². The third-order valence-corrected chi connectivity index (χ3v) is 4.89. The van der Waals surface area contributed by atoms with E-state index >= 15 is 0 Å². The average Bonchev–Trinajstić information content (AvgIpc) is 2.76. The average molecular weight is 398 g/mol. The summed E-state index contributed by atoms with van der Waals surface area (Å²) in [5.74, 6) is -0.0152. The van der Waals surface area contributed by atoms with Crippen molar-refractivity contribution in [1.29, 1.82) is 0 Å². The number of aromatic nitrogens is 1. The van der Waals surface area contributed by atoms with Crippen molar-refractivity contribution in [1.82, 2.24) is 10.3 Å². The van der Waals surface area contributed by atoms with Gasteiger partial charge in [0, 0.05) is 25.5 Å². The summed E-state index contributed by atoms with van der Waals surface area (Å²) < 4.78 is 15.9. The molecule has 1 saturated heterocycles. The smallest absolute Gasteiger partial charge is 0.333 e. The molecule has 1 N–H and O–H groups in total. The second-order valence-corrected chi connectivity index (χ2v) is 7.10.